The minimum Gasteiger partial charge on any atom is -0.497 e. The van der Waals surface area contributed by atoms with Gasteiger partial charge in [-0.05, 0) is 12.1 Å². The van der Waals surface area contributed by atoms with Crippen LogP contribution in [0.5, 0.6) is 0 Å². The van der Waals surface area contributed by atoms with Gasteiger partial charge in [0.05, 0.1) is 17.7 Å². The maximum absolute atomic E-state index is 13.1. The number of ether oxygens (including phenoxy) is 1. The molecule has 0 aliphatic carbocycles. The molecule has 0 heterocycles. The van der Waals surface area contributed by atoms with Crippen LogP contribution in [0, 0.1) is 5.82 Å². The lowest BCUT2D eigenvalue weighted by molar-refractivity contribution is 0.368. The number of halogens is 2. The van der Waals surface area contributed by atoms with Crippen molar-refractivity contribution in [1.82, 2.24) is 0 Å². The first-order chi connectivity index (χ1) is 5.66. The minimum absolute atomic E-state index is 0.224. The van der Waals surface area contributed by atoms with Crippen LogP contribution in [0.2, 0.25) is 5.02 Å². The first-order valence-electron chi connectivity index (χ1n) is 3.34. The van der Waals surface area contributed by atoms with E-state index in [1.54, 1.807) is 6.07 Å². The molecular weight excluding hydrogens is 179 g/mol. The second-order valence-electron chi connectivity index (χ2n) is 2.22. The third-order valence-electron chi connectivity index (χ3n) is 1.49. The average Bonchev–Trinajstić information content (AvgIpc) is 2.03. The number of rotatable bonds is 2. The molecule has 0 aliphatic rings. The van der Waals surface area contributed by atoms with Gasteiger partial charge in [0.2, 0.25) is 0 Å². The normalized spacial score (nSPS) is 9.58. The van der Waals surface area contributed by atoms with Crippen molar-refractivity contribution in [2.45, 2.75) is 0 Å². The molecule has 0 saturated carbocycles. The highest BCUT2D eigenvalue weighted by atomic mass is 35.5. The van der Waals surface area contributed by atoms with Gasteiger partial charge in [-0.15, -0.1) is 0 Å². The molecule has 1 aromatic rings. The summed E-state index contributed by atoms with van der Waals surface area (Å²) >= 11 is 5.72. The molecule has 0 atom stereocenters. The van der Waals surface area contributed by atoms with Gasteiger partial charge in [-0.25, -0.2) is 4.39 Å². The lowest BCUT2D eigenvalue weighted by Gasteiger charge is -2.06. The van der Waals surface area contributed by atoms with E-state index in [2.05, 4.69) is 6.58 Å². The molecule has 0 saturated heterocycles. The first-order valence-corrected chi connectivity index (χ1v) is 3.72. The topological polar surface area (TPSA) is 9.23 Å². The lowest BCUT2D eigenvalue weighted by Crippen LogP contribution is -1.91. The van der Waals surface area contributed by atoms with Gasteiger partial charge >= 0.3 is 0 Å². The van der Waals surface area contributed by atoms with Crippen molar-refractivity contribution in [2.24, 2.45) is 0 Å². The zero-order valence-corrected chi connectivity index (χ0v) is 7.36. The molecule has 1 aromatic carbocycles. The Hall–Kier alpha value is -1.02. The molecule has 0 aliphatic heterocycles. The molecule has 0 radical (unpaired) electrons. The van der Waals surface area contributed by atoms with Gasteiger partial charge in [-0.2, -0.15) is 0 Å². The molecule has 0 aromatic heterocycles. The van der Waals surface area contributed by atoms with Crippen molar-refractivity contribution in [2.75, 3.05) is 7.11 Å². The molecule has 12 heavy (non-hydrogen) atoms. The minimum atomic E-state index is -0.422. The van der Waals surface area contributed by atoms with Crippen molar-refractivity contribution in [3.05, 3.63) is 41.2 Å². The third-order valence-corrected chi connectivity index (χ3v) is 1.80. The van der Waals surface area contributed by atoms with E-state index >= 15 is 0 Å². The number of benzene rings is 1. The van der Waals surface area contributed by atoms with Crippen LogP contribution in [0.25, 0.3) is 5.76 Å². The SMILES string of the molecule is C=C(OC)c1c(F)cccc1Cl. The van der Waals surface area contributed by atoms with E-state index in [9.17, 15) is 4.39 Å². The Morgan fingerprint density at radius 1 is 1.58 bits per heavy atom. The largest absolute Gasteiger partial charge is 0.497 e. The predicted molar refractivity (Wildman–Crippen MR) is 47.5 cm³/mol. The van der Waals surface area contributed by atoms with Crippen LogP contribution in [0.15, 0.2) is 24.8 Å². The van der Waals surface area contributed by atoms with Gasteiger partial charge in [-0.1, -0.05) is 24.2 Å². The molecule has 3 heteroatoms. The Kier molecular flexibility index (Phi) is 2.71. The molecule has 64 valence electrons. The maximum atomic E-state index is 13.1. The standard InChI is InChI=1S/C9H8ClFO/c1-6(12-2)9-7(10)4-3-5-8(9)11/h3-5H,1H2,2H3. The van der Waals surface area contributed by atoms with E-state index in [1.807, 2.05) is 0 Å². The predicted octanol–water partition coefficient (Wildman–Crippen LogP) is 3.10. The summed E-state index contributed by atoms with van der Waals surface area (Å²) < 4.78 is 17.8. The van der Waals surface area contributed by atoms with Gasteiger partial charge in [0.25, 0.3) is 0 Å². The van der Waals surface area contributed by atoms with Gasteiger partial charge in [0.15, 0.2) is 0 Å². The second-order valence-corrected chi connectivity index (χ2v) is 2.63. The van der Waals surface area contributed by atoms with Crippen LogP contribution in [0.3, 0.4) is 0 Å². The van der Waals surface area contributed by atoms with Crippen LogP contribution in [-0.2, 0) is 4.74 Å². The van der Waals surface area contributed by atoms with Crippen molar-refractivity contribution in [3.63, 3.8) is 0 Å². The van der Waals surface area contributed by atoms with Crippen LogP contribution in [-0.4, -0.2) is 7.11 Å². The highest BCUT2D eigenvalue weighted by molar-refractivity contribution is 6.32. The van der Waals surface area contributed by atoms with Crippen LogP contribution in [0.1, 0.15) is 5.56 Å². The monoisotopic (exact) mass is 186 g/mol. The fourth-order valence-corrected chi connectivity index (χ4v) is 1.13. The molecule has 0 unspecified atom stereocenters. The fraction of sp³-hybridized carbons (Fsp3) is 0.111. The Balaban J connectivity index is 3.21. The van der Waals surface area contributed by atoms with Gasteiger partial charge in [0.1, 0.15) is 11.6 Å². The molecule has 0 spiro atoms. The van der Waals surface area contributed by atoms with Gasteiger partial charge in [-0.3, -0.25) is 0 Å². The summed E-state index contributed by atoms with van der Waals surface area (Å²) in [7, 11) is 1.42. The number of hydrogen-bond acceptors (Lipinski definition) is 1. The quantitative estimate of drug-likeness (QED) is 0.645. The maximum Gasteiger partial charge on any atom is 0.135 e. The zero-order chi connectivity index (χ0) is 9.14. The molecule has 0 bridgehead atoms. The molecule has 1 nitrogen and oxygen atoms in total. The third kappa shape index (κ3) is 1.59. The Morgan fingerprint density at radius 2 is 2.25 bits per heavy atom. The summed E-state index contributed by atoms with van der Waals surface area (Å²) in [4.78, 5) is 0. The molecule has 0 fully saturated rings. The van der Waals surface area contributed by atoms with E-state index < -0.39 is 5.82 Å². The summed E-state index contributed by atoms with van der Waals surface area (Å²) in [5, 5.41) is 0.307. The highest BCUT2D eigenvalue weighted by Gasteiger charge is 2.09. The van der Waals surface area contributed by atoms with E-state index in [1.165, 1.54) is 19.2 Å². The van der Waals surface area contributed by atoms with Gasteiger partial charge < -0.3 is 4.74 Å². The molecule has 1 rings (SSSR count). The zero-order valence-electron chi connectivity index (χ0n) is 6.60. The highest BCUT2D eigenvalue weighted by Crippen LogP contribution is 2.25. The number of methoxy groups -OCH3 is 1. The number of hydrogen-bond donors (Lipinski definition) is 0. The Labute approximate surface area is 75.4 Å². The second kappa shape index (κ2) is 3.59. The summed E-state index contributed by atoms with van der Waals surface area (Å²) in [6.45, 7) is 3.52. The van der Waals surface area contributed by atoms with Crippen molar-refractivity contribution < 1.29 is 9.13 Å². The summed E-state index contributed by atoms with van der Waals surface area (Å²) in [5.74, 6) is -0.188. The summed E-state index contributed by atoms with van der Waals surface area (Å²) in [5.41, 5.74) is 0.224. The van der Waals surface area contributed by atoms with Crippen LogP contribution in [0.4, 0.5) is 4.39 Å². The molecule has 0 N–H and O–H groups in total. The van der Waals surface area contributed by atoms with Crippen LogP contribution >= 0.6 is 11.6 Å². The van der Waals surface area contributed by atoms with Crippen molar-refractivity contribution in [1.29, 1.82) is 0 Å². The summed E-state index contributed by atoms with van der Waals surface area (Å²) in [6, 6.07) is 4.43. The summed E-state index contributed by atoms with van der Waals surface area (Å²) in [6.07, 6.45) is 0. The smallest absolute Gasteiger partial charge is 0.135 e. The van der Waals surface area contributed by atoms with Gasteiger partial charge in [0, 0.05) is 0 Å². The van der Waals surface area contributed by atoms with E-state index in [4.69, 9.17) is 16.3 Å². The lowest BCUT2D eigenvalue weighted by atomic mass is 10.2. The average molecular weight is 187 g/mol. The van der Waals surface area contributed by atoms with E-state index in [-0.39, 0.29) is 11.3 Å². The van der Waals surface area contributed by atoms with E-state index in [0.717, 1.165) is 0 Å². The van der Waals surface area contributed by atoms with Crippen molar-refractivity contribution >= 4 is 17.4 Å². The molecule has 0 amide bonds. The van der Waals surface area contributed by atoms with Crippen molar-refractivity contribution in [3.8, 4) is 0 Å². The fourth-order valence-electron chi connectivity index (χ4n) is 0.866. The Bertz CT molecular complexity index is 289. The van der Waals surface area contributed by atoms with Crippen LogP contribution < -0.4 is 0 Å². The first kappa shape index (κ1) is 9.07. The van der Waals surface area contributed by atoms with E-state index in [0.29, 0.717) is 5.02 Å². The molecular formula is C9H8ClFO. The Morgan fingerprint density at radius 3 is 2.75 bits per heavy atom.